The van der Waals surface area contributed by atoms with E-state index in [1.54, 1.807) is 0 Å². The lowest BCUT2D eigenvalue weighted by atomic mass is 9.92. The largest absolute Gasteiger partial charge is 0.381 e. The van der Waals surface area contributed by atoms with Crippen LogP contribution in [0, 0.1) is 0 Å². The number of nitrogens with zero attached hydrogens (tertiary/aromatic N) is 3. The second-order valence-corrected chi connectivity index (χ2v) is 6.70. The number of aromatic nitrogens is 3. The van der Waals surface area contributed by atoms with Gasteiger partial charge in [0.05, 0.1) is 0 Å². The van der Waals surface area contributed by atoms with Crippen LogP contribution in [-0.2, 0) is 16.7 Å². The first-order valence-corrected chi connectivity index (χ1v) is 8.14. The Morgan fingerprint density at radius 2 is 2.20 bits per heavy atom. The lowest BCUT2D eigenvalue weighted by Gasteiger charge is -2.36. The van der Waals surface area contributed by atoms with Gasteiger partial charge in [-0.3, -0.25) is 0 Å². The van der Waals surface area contributed by atoms with Gasteiger partial charge in [-0.25, -0.2) is 9.97 Å². The van der Waals surface area contributed by atoms with Gasteiger partial charge in [-0.15, -0.1) is 11.6 Å². The molecule has 3 rings (SSSR count). The molecule has 1 fully saturated rings. The molecule has 3 heterocycles. The van der Waals surface area contributed by atoms with E-state index in [0.29, 0.717) is 5.88 Å². The van der Waals surface area contributed by atoms with Crippen molar-refractivity contribution in [2.24, 2.45) is 0 Å². The van der Waals surface area contributed by atoms with Gasteiger partial charge in [0.1, 0.15) is 11.3 Å². The van der Waals surface area contributed by atoms with Crippen LogP contribution in [0.15, 0.2) is 16.7 Å². The van der Waals surface area contributed by atoms with E-state index in [4.69, 9.17) is 21.3 Å². The van der Waals surface area contributed by atoms with Gasteiger partial charge in [-0.1, -0.05) is 0 Å². The Morgan fingerprint density at radius 3 is 2.90 bits per heavy atom. The van der Waals surface area contributed by atoms with E-state index in [-0.39, 0.29) is 5.54 Å². The maximum absolute atomic E-state index is 5.94. The molecule has 0 saturated carbocycles. The molecule has 0 amide bonds. The summed E-state index contributed by atoms with van der Waals surface area (Å²) in [6, 6.07) is 2.01. The highest BCUT2D eigenvalue weighted by Crippen LogP contribution is 2.33. The molecular formula is C14H17BrClN3O. The van der Waals surface area contributed by atoms with Gasteiger partial charge in [0.25, 0.3) is 0 Å². The van der Waals surface area contributed by atoms with E-state index in [0.717, 1.165) is 53.9 Å². The topological polar surface area (TPSA) is 39.9 Å². The third-order valence-electron chi connectivity index (χ3n) is 3.96. The van der Waals surface area contributed by atoms with Crippen LogP contribution in [0.25, 0.3) is 11.2 Å². The Morgan fingerprint density at radius 1 is 1.45 bits per heavy atom. The molecule has 1 saturated heterocycles. The number of pyridine rings is 1. The van der Waals surface area contributed by atoms with Gasteiger partial charge in [0, 0.05) is 41.7 Å². The van der Waals surface area contributed by atoms with Crippen LogP contribution in [0.5, 0.6) is 0 Å². The van der Waals surface area contributed by atoms with Gasteiger partial charge in [-0.2, -0.15) is 0 Å². The standard InChI is InChI=1S/C14H17BrClN3O/c1-14(3-6-20-7-4-14)19-12(2-5-16)18-11-8-10(15)9-17-13(11)19/h8-9H,2-7H2,1H3. The maximum atomic E-state index is 5.94. The quantitative estimate of drug-likeness (QED) is 0.788. The minimum Gasteiger partial charge on any atom is -0.381 e. The van der Waals surface area contributed by atoms with E-state index in [2.05, 4.69) is 32.4 Å². The summed E-state index contributed by atoms with van der Waals surface area (Å²) in [5, 5.41) is 0. The Hall–Kier alpha value is -0.650. The van der Waals surface area contributed by atoms with E-state index in [9.17, 15) is 0 Å². The van der Waals surface area contributed by atoms with Gasteiger partial charge in [-0.05, 0) is 41.8 Å². The molecule has 0 aliphatic carbocycles. The molecule has 1 aliphatic heterocycles. The van der Waals surface area contributed by atoms with Crippen molar-refractivity contribution >= 4 is 38.7 Å². The van der Waals surface area contributed by atoms with Crippen LogP contribution in [-0.4, -0.2) is 33.6 Å². The monoisotopic (exact) mass is 357 g/mol. The van der Waals surface area contributed by atoms with Crippen molar-refractivity contribution in [1.29, 1.82) is 0 Å². The van der Waals surface area contributed by atoms with Crippen molar-refractivity contribution in [2.45, 2.75) is 31.7 Å². The average molecular weight is 359 g/mol. The van der Waals surface area contributed by atoms with Gasteiger partial charge in [0.15, 0.2) is 5.65 Å². The Labute approximate surface area is 131 Å². The number of alkyl halides is 1. The third kappa shape index (κ3) is 2.47. The summed E-state index contributed by atoms with van der Waals surface area (Å²) in [4.78, 5) is 9.30. The molecule has 0 radical (unpaired) electrons. The van der Waals surface area contributed by atoms with Crippen molar-refractivity contribution in [1.82, 2.24) is 14.5 Å². The number of imidazole rings is 1. The molecule has 0 spiro atoms. The highest BCUT2D eigenvalue weighted by molar-refractivity contribution is 9.10. The number of halogens is 2. The summed E-state index contributed by atoms with van der Waals surface area (Å²) in [5.74, 6) is 1.59. The number of rotatable bonds is 3. The van der Waals surface area contributed by atoms with Gasteiger partial charge < -0.3 is 9.30 Å². The summed E-state index contributed by atoms with van der Waals surface area (Å²) < 4.78 is 8.73. The highest BCUT2D eigenvalue weighted by atomic mass is 79.9. The molecule has 20 heavy (non-hydrogen) atoms. The van der Waals surface area contributed by atoms with Crippen molar-refractivity contribution in [3.05, 3.63) is 22.6 Å². The molecule has 4 nitrogen and oxygen atoms in total. The average Bonchev–Trinajstić information content (AvgIpc) is 2.77. The van der Waals surface area contributed by atoms with Crippen LogP contribution in [0.4, 0.5) is 0 Å². The molecule has 2 aromatic heterocycles. The maximum Gasteiger partial charge on any atom is 0.160 e. The number of hydrogen-bond donors (Lipinski definition) is 0. The molecular weight excluding hydrogens is 342 g/mol. The van der Waals surface area contributed by atoms with E-state index in [1.807, 2.05) is 12.3 Å². The van der Waals surface area contributed by atoms with Crippen molar-refractivity contribution in [2.75, 3.05) is 19.1 Å². The van der Waals surface area contributed by atoms with Crippen molar-refractivity contribution in [3.8, 4) is 0 Å². The summed E-state index contributed by atoms with van der Waals surface area (Å²) in [6.07, 6.45) is 4.54. The second-order valence-electron chi connectivity index (χ2n) is 5.41. The van der Waals surface area contributed by atoms with E-state index in [1.165, 1.54) is 0 Å². The van der Waals surface area contributed by atoms with Crippen LogP contribution in [0.1, 0.15) is 25.6 Å². The highest BCUT2D eigenvalue weighted by Gasteiger charge is 2.33. The molecule has 6 heteroatoms. The zero-order valence-corrected chi connectivity index (χ0v) is 13.7. The molecule has 0 N–H and O–H groups in total. The van der Waals surface area contributed by atoms with E-state index >= 15 is 0 Å². The predicted molar refractivity (Wildman–Crippen MR) is 83.4 cm³/mol. The third-order valence-corrected chi connectivity index (χ3v) is 4.58. The van der Waals surface area contributed by atoms with Crippen LogP contribution in [0.2, 0.25) is 0 Å². The number of hydrogen-bond acceptors (Lipinski definition) is 3. The molecule has 1 aliphatic rings. The van der Waals surface area contributed by atoms with Gasteiger partial charge >= 0.3 is 0 Å². The summed E-state index contributed by atoms with van der Waals surface area (Å²) >= 11 is 9.40. The summed E-state index contributed by atoms with van der Waals surface area (Å²) in [6.45, 7) is 3.83. The molecule has 0 atom stereocenters. The lowest BCUT2D eigenvalue weighted by Crippen LogP contribution is -2.38. The molecule has 2 aromatic rings. The summed E-state index contributed by atoms with van der Waals surface area (Å²) in [7, 11) is 0. The Kier molecular flexibility index (Phi) is 4.02. The fraction of sp³-hybridized carbons (Fsp3) is 0.571. The first-order chi connectivity index (χ1) is 9.64. The van der Waals surface area contributed by atoms with Crippen LogP contribution < -0.4 is 0 Å². The van der Waals surface area contributed by atoms with Gasteiger partial charge in [0.2, 0.25) is 0 Å². The fourth-order valence-corrected chi connectivity index (χ4v) is 3.33. The van der Waals surface area contributed by atoms with Crippen LogP contribution >= 0.6 is 27.5 Å². The summed E-state index contributed by atoms with van der Waals surface area (Å²) in [5.41, 5.74) is 1.87. The molecule has 0 aromatic carbocycles. The Balaban J connectivity index is 2.17. The predicted octanol–water partition coefficient (Wildman–Crippen LogP) is 3.50. The van der Waals surface area contributed by atoms with Crippen molar-refractivity contribution < 1.29 is 4.74 Å². The SMILES string of the molecule is CC1(n2c(CCCl)nc3cc(Br)cnc32)CCOCC1. The molecule has 0 unspecified atom stereocenters. The number of fused-ring (bicyclic) bond motifs is 1. The zero-order valence-electron chi connectivity index (χ0n) is 11.4. The van der Waals surface area contributed by atoms with Crippen LogP contribution in [0.3, 0.4) is 0 Å². The first-order valence-electron chi connectivity index (χ1n) is 6.81. The smallest absolute Gasteiger partial charge is 0.160 e. The second kappa shape index (κ2) is 5.62. The minimum absolute atomic E-state index is 0.00915. The minimum atomic E-state index is 0.00915. The number of aryl methyl sites for hydroxylation is 1. The zero-order chi connectivity index (χ0) is 14.2. The first kappa shape index (κ1) is 14.3. The van der Waals surface area contributed by atoms with E-state index < -0.39 is 0 Å². The lowest BCUT2D eigenvalue weighted by molar-refractivity contribution is 0.0299. The molecule has 108 valence electrons. The fourth-order valence-electron chi connectivity index (χ4n) is 2.84. The van der Waals surface area contributed by atoms with Crippen molar-refractivity contribution in [3.63, 3.8) is 0 Å². The normalized spacial score (nSPS) is 18.6. The Bertz CT molecular complexity index is 622. The molecule has 0 bridgehead atoms. The number of ether oxygens (including phenoxy) is 1.